The number of ether oxygens (including phenoxy) is 1. The maximum absolute atomic E-state index is 14.1. The van der Waals surface area contributed by atoms with Crippen molar-refractivity contribution in [1.29, 1.82) is 0 Å². The van der Waals surface area contributed by atoms with Crippen LogP contribution in [0, 0.1) is 5.82 Å². The Morgan fingerprint density at radius 1 is 1.29 bits per heavy atom. The molecule has 0 spiro atoms. The highest BCUT2D eigenvalue weighted by Gasteiger charge is 2.26. The molecule has 3 rings (SSSR count). The summed E-state index contributed by atoms with van der Waals surface area (Å²) in [5.41, 5.74) is 3.64. The number of rotatable bonds is 5. The molecule has 3 heteroatoms. The fraction of sp³-hybridized carbons (Fsp3) is 0.333. The van der Waals surface area contributed by atoms with Gasteiger partial charge in [0.25, 0.3) is 0 Å². The van der Waals surface area contributed by atoms with E-state index in [1.165, 1.54) is 11.1 Å². The molecule has 0 aliphatic heterocycles. The van der Waals surface area contributed by atoms with Crippen molar-refractivity contribution in [2.75, 3.05) is 13.7 Å². The van der Waals surface area contributed by atoms with Crippen LogP contribution < -0.4 is 10.1 Å². The van der Waals surface area contributed by atoms with Crippen LogP contribution in [0.25, 0.3) is 0 Å². The smallest absolute Gasteiger partial charge is 0.165 e. The number of fused-ring (bicyclic) bond motifs is 1. The molecule has 0 bridgehead atoms. The van der Waals surface area contributed by atoms with E-state index in [1.807, 2.05) is 26.1 Å². The van der Waals surface area contributed by atoms with Crippen molar-refractivity contribution in [3.63, 3.8) is 0 Å². The topological polar surface area (TPSA) is 21.3 Å². The molecular formula is C18H20FNO. The summed E-state index contributed by atoms with van der Waals surface area (Å²) in [4.78, 5) is 0. The molecular weight excluding hydrogens is 265 g/mol. The monoisotopic (exact) mass is 285 g/mol. The van der Waals surface area contributed by atoms with Crippen LogP contribution in [0.15, 0.2) is 42.5 Å². The SMILES string of the molecule is CNC(C)c1ccc(OCC2Cc3ccccc32)c(F)c1. The lowest BCUT2D eigenvalue weighted by atomic mass is 9.78. The van der Waals surface area contributed by atoms with Crippen molar-refractivity contribution < 1.29 is 9.13 Å². The van der Waals surface area contributed by atoms with E-state index < -0.39 is 0 Å². The minimum absolute atomic E-state index is 0.132. The molecule has 2 unspecified atom stereocenters. The summed E-state index contributed by atoms with van der Waals surface area (Å²) < 4.78 is 19.7. The number of nitrogens with one attached hydrogen (secondary N) is 1. The fourth-order valence-electron chi connectivity index (χ4n) is 2.77. The third-order valence-corrected chi connectivity index (χ3v) is 4.29. The maximum Gasteiger partial charge on any atom is 0.165 e. The molecule has 0 saturated carbocycles. The Bertz CT molecular complexity index is 641. The lowest BCUT2D eigenvalue weighted by Gasteiger charge is -2.29. The molecule has 0 aromatic heterocycles. The molecule has 1 aliphatic carbocycles. The van der Waals surface area contributed by atoms with E-state index in [0.29, 0.717) is 18.3 Å². The zero-order valence-electron chi connectivity index (χ0n) is 12.4. The molecule has 0 amide bonds. The standard InChI is InChI=1S/C18H20FNO/c1-12(20-2)13-7-8-18(17(19)10-13)21-11-15-9-14-5-3-4-6-16(14)15/h3-8,10,12,15,20H,9,11H2,1-2H3. The van der Waals surface area contributed by atoms with Gasteiger partial charge in [0, 0.05) is 12.0 Å². The lowest BCUT2D eigenvalue weighted by molar-refractivity contribution is 0.263. The first-order chi connectivity index (χ1) is 10.2. The minimum Gasteiger partial charge on any atom is -0.490 e. The number of benzene rings is 2. The van der Waals surface area contributed by atoms with E-state index in [0.717, 1.165) is 12.0 Å². The van der Waals surface area contributed by atoms with Gasteiger partial charge in [0.1, 0.15) is 0 Å². The Hall–Kier alpha value is -1.87. The fourth-order valence-corrected chi connectivity index (χ4v) is 2.77. The van der Waals surface area contributed by atoms with Gasteiger partial charge in [0.05, 0.1) is 6.61 Å². The number of hydrogen-bond acceptors (Lipinski definition) is 2. The summed E-state index contributed by atoms with van der Waals surface area (Å²) in [6.07, 6.45) is 1.02. The van der Waals surface area contributed by atoms with E-state index in [-0.39, 0.29) is 11.9 Å². The van der Waals surface area contributed by atoms with E-state index in [1.54, 1.807) is 12.1 Å². The summed E-state index contributed by atoms with van der Waals surface area (Å²) in [6, 6.07) is 13.7. The van der Waals surface area contributed by atoms with Gasteiger partial charge in [0.2, 0.25) is 0 Å². The van der Waals surface area contributed by atoms with Crippen molar-refractivity contribution >= 4 is 0 Å². The summed E-state index contributed by atoms with van der Waals surface area (Å²) in [6.45, 7) is 2.54. The minimum atomic E-state index is -0.290. The van der Waals surface area contributed by atoms with Gasteiger partial charge in [-0.1, -0.05) is 30.3 Å². The first-order valence-corrected chi connectivity index (χ1v) is 7.36. The molecule has 0 radical (unpaired) electrons. The van der Waals surface area contributed by atoms with Crippen LogP contribution in [0.5, 0.6) is 5.75 Å². The van der Waals surface area contributed by atoms with Crippen LogP contribution >= 0.6 is 0 Å². The van der Waals surface area contributed by atoms with Gasteiger partial charge in [-0.15, -0.1) is 0 Å². The molecule has 2 atom stereocenters. The average Bonchev–Trinajstić information content (AvgIpc) is 2.48. The van der Waals surface area contributed by atoms with Crippen LogP contribution in [0.4, 0.5) is 4.39 Å². The van der Waals surface area contributed by atoms with Crippen molar-refractivity contribution in [3.05, 3.63) is 65.0 Å². The van der Waals surface area contributed by atoms with Gasteiger partial charge in [0.15, 0.2) is 11.6 Å². The Morgan fingerprint density at radius 2 is 2.10 bits per heavy atom. The summed E-state index contributed by atoms with van der Waals surface area (Å²) in [5.74, 6) is 0.435. The normalized spacial score (nSPS) is 17.8. The molecule has 2 aromatic rings. The summed E-state index contributed by atoms with van der Waals surface area (Å²) >= 11 is 0. The van der Waals surface area contributed by atoms with Crippen LogP contribution in [-0.2, 0) is 6.42 Å². The maximum atomic E-state index is 14.1. The highest BCUT2D eigenvalue weighted by Crippen LogP contribution is 2.35. The molecule has 1 aliphatic rings. The van der Waals surface area contributed by atoms with Crippen molar-refractivity contribution in [3.8, 4) is 5.75 Å². The molecule has 2 aromatic carbocycles. The van der Waals surface area contributed by atoms with E-state index in [9.17, 15) is 4.39 Å². The summed E-state index contributed by atoms with van der Waals surface area (Å²) in [7, 11) is 1.86. The zero-order chi connectivity index (χ0) is 14.8. The average molecular weight is 285 g/mol. The second-order valence-electron chi connectivity index (χ2n) is 5.61. The predicted molar refractivity (Wildman–Crippen MR) is 82.3 cm³/mol. The van der Waals surface area contributed by atoms with Crippen molar-refractivity contribution in [1.82, 2.24) is 5.32 Å². The molecule has 0 fully saturated rings. The Balaban J connectivity index is 1.64. The van der Waals surface area contributed by atoms with E-state index in [2.05, 4.69) is 23.5 Å². The second kappa shape index (κ2) is 5.86. The third kappa shape index (κ3) is 2.79. The van der Waals surface area contributed by atoms with Gasteiger partial charge < -0.3 is 10.1 Å². The molecule has 0 heterocycles. The van der Waals surface area contributed by atoms with Crippen LogP contribution in [0.1, 0.15) is 35.6 Å². The van der Waals surface area contributed by atoms with Gasteiger partial charge in [-0.05, 0) is 49.2 Å². The number of halogens is 1. The van der Waals surface area contributed by atoms with E-state index >= 15 is 0 Å². The first kappa shape index (κ1) is 14.1. The molecule has 21 heavy (non-hydrogen) atoms. The van der Waals surface area contributed by atoms with Crippen molar-refractivity contribution in [2.24, 2.45) is 0 Å². The van der Waals surface area contributed by atoms with Gasteiger partial charge >= 0.3 is 0 Å². The second-order valence-corrected chi connectivity index (χ2v) is 5.61. The lowest BCUT2D eigenvalue weighted by Crippen LogP contribution is -2.23. The van der Waals surface area contributed by atoms with E-state index in [4.69, 9.17) is 4.74 Å². The Labute approximate surface area is 125 Å². The summed E-state index contributed by atoms with van der Waals surface area (Å²) in [5, 5.41) is 3.10. The van der Waals surface area contributed by atoms with Gasteiger partial charge in [-0.2, -0.15) is 0 Å². The first-order valence-electron chi connectivity index (χ1n) is 7.36. The Kier molecular flexibility index (Phi) is 3.93. The quantitative estimate of drug-likeness (QED) is 0.901. The Morgan fingerprint density at radius 3 is 2.81 bits per heavy atom. The molecule has 2 nitrogen and oxygen atoms in total. The third-order valence-electron chi connectivity index (χ3n) is 4.29. The van der Waals surface area contributed by atoms with Crippen LogP contribution in [0.2, 0.25) is 0 Å². The largest absolute Gasteiger partial charge is 0.490 e. The van der Waals surface area contributed by atoms with Gasteiger partial charge in [-0.3, -0.25) is 0 Å². The van der Waals surface area contributed by atoms with Gasteiger partial charge in [-0.25, -0.2) is 4.39 Å². The highest BCUT2D eigenvalue weighted by molar-refractivity contribution is 5.40. The number of hydrogen-bond donors (Lipinski definition) is 1. The zero-order valence-corrected chi connectivity index (χ0v) is 12.4. The van der Waals surface area contributed by atoms with Crippen LogP contribution in [0.3, 0.4) is 0 Å². The molecule has 110 valence electrons. The van der Waals surface area contributed by atoms with Crippen molar-refractivity contribution in [2.45, 2.75) is 25.3 Å². The molecule has 1 N–H and O–H groups in total. The molecule has 0 saturated heterocycles. The van der Waals surface area contributed by atoms with Crippen LogP contribution in [-0.4, -0.2) is 13.7 Å². The predicted octanol–water partition coefficient (Wildman–Crippen LogP) is 3.82. The highest BCUT2D eigenvalue weighted by atomic mass is 19.1.